The lowest BCUT2D eigenvalue weighted by atomic mass is 10.1. The molecule has 0 fully saturated rings. The number of benzene rings is 1. The Morgan fingerprint density at radius 3 is 2.94 bits per heavy atom. The van der Waals surface area contributed by atoms with Gasteiger partial charge in [-0.05, 0) is 57.1 Å². The monoisotopic (exact) mass is 280 g/mol. The number of halogens is 1. The summed E-state index contributed by atoms with van der Waals surface area (Å²) in [5.74, 6) is 0. The maximum atomic E-state index is 3.52. The SMILES string of the molecule is CNCCCc1[nH]c2ccc(Br)cc2c1C. The van der Waals surface area contributed by atoms with Gasteiger partial charge in [-0.3, -0.25) is 0 Å². The van der Waals surface area contributed by atoms with Crippen molar-refractivity contribution in [3.05, 3.63) is 33.9 Å². The van der Waals surface area contributed by atoms with Crippen LogP contribution in [0.25, 0.3) is 10.9 Å². The maximum Gasteiger partial charge on any atom is 0.0459 e. The lowest BCUT2D eigenvalue weighted by Gasteiger charge is -1.99. The van der Waals surface area contributed by atoms with Gasteiger partial charge in [0.15, 0.2) is 0 Å². The minimum Gasteiger partial charge on any atom is -0.358 e. The number of hydrogen-bond acceptors (Lipinski definition) is 1. The number of aromatic amines is 1. The smallest absolute Gasteiger partial charge is 0.0459 e. The van der Waals surface area contributed by atoms with Crippen molar-refractivity contribution in [2.24, 2.45) is 0 Å². The van der Waals surface area contributed by atoms with E-state index in [2.05, 4.69) is 51.4 Å². The summed E-state index contributed by atoms with van der Waals surface area (Å²) < 4.78 is 1.14. The van der Waals surface area contributed by atoms with Crippen LogP contribution < -0.4 is 5.32 Å². The van der Waals surface area contributed by atoms with Crippen LogP contribution in [0.3, 0.4) is 0 Å². The fourth-order valence-corrected chi connectivity index (χ4v) is 2.41. The van der Waals surface area contributed by atoms with Gasteiger partial charge < -0.3 is 10.3 Å². The first-order valence-electron chi connectivity index (χ1n) is 5.63. The molecule has 0 unspecified atom stereocenters. The van der Waals surface area contributed by atoms with Gasteiger partial charge in [-0.15, -0.1) is 0 Å². The number of hydrogen-bond donors (Lipinski definition) is 2. The topological polar surface area (TPSA) is 27.8 Å². The predicted octanol–water partition coefficient (Wildman–Crippen LogP) is 3.39. The normalized spacial score (nSPS) is 11.2. The van der Waals surface area contributed by atoms with Crippen molar-refractivity contribution in [2.45, 2.75) is 19.8 Å². The fourth-order valence-electron chi connectivity index (χ4n) is 2.05. The van der Waals surface area contributed by atoms with Crippen LogP contribution in [-0.4, -0.2) is 18.6 Å². The van der Waals surface area contributed by atoms with Crippen molar-refractivity contribution in [3.63, 3.8) is 0 Å². The molecule has 1 aromatic heterocycles. The molecule has 0 aliphatic heterocycles. The first-order chi connectivity index (χ1) is 7.72. The Morgan fingerprint density at radius 2 is 2.19 bits per heavy atom. The van der Waals surface area contributed by atoms with E-state index in [9.17, 15) is 0 Å². The molecule has 2 rings (SSSR count). The van der Waals surface area contributed by atoms with E-state index in [1.54, 1.807) is 0 Å². The van der Waals surface area contributed by atoms with E-state index in [1.165, 1.54) is 28.6 Å². The molecule has 0 saturated heterocycles. The summed E-state index contributed by atoms with van der Waals surface area (Å²) in [5.41, 5.74) is 3.98. The van der Waals surface area contributed by atoms with Crippen LogP contribution in [0.2, 0.25) is 0 Å². The predicted molar refractivity (Wildman–Crippen MR) is 73.0 cm³/mol. The summed E-state index contributed by atoms with van der Waals surface area (Å²) in [4.78, 5) is 3.50. The molecule has 0 bridgehead atoms. The molecule has 0 saturated carbocycles. The van der Waals surface area contributed by atoms with E-state index < -0.39 is 0 Å². The van der Waals surface area contributed by atoms with Crippen molar-refractivity contribution < 1.29 is 0 Å². The number of fused-ring (bicyclic) bond motifs is 1. The van der Waals surface area contributed by atoms with Crippen LogP contribution in [0, 0.1) is 6.92 Å². The standard InChI is InChI=1S/C13H17BrN2/c1-9-11-8-10(14)5-6-13(11)16-12(9)4-3-7-15-2/h5-6,8,15-16H,3-4,7H2,1-2H3. The molecule has 2 aromatic rings. The average Bonchev–Trinajstić information content (AvgIpc) is 2.57. The molecule has 0 aliphatic carbocycles. The molecule has 2 N–H and O–H groups in total. The van der Waals surface area contributed by atoms with Gasteiger partial charge in [0, 0.05) is 21.1 Å². The first kappa shape index (κ1) is 11.7. The second kappa shape index (κ2) is 5.02. The van der Waals surface area contributed by atoms with E-state index in [0.29, 0.717) is 0 Å². The zero-order valence-electron chi connectivity index (χ0n) is 9.73. The van der Waals surface area contributed by atoms with Gasteiger partial charge in [0.25, 0.3) is 0 Å². The lowest BCUT2D eigenvalue weighted by molar-refractivity contribution is 0.716. The summed E-state index contributed by atoms with van der Waals surface area (Å²) in [6.07, 6.45) is 2.28. The average molecular weight is 281 g/mol. The second-order valence-corrected chi connectivity index (χ2v) is 5.04. The molecular formula is C13H17BrN2. The molecule has 0 radical (unpaired) electrons. The van der Waals surface area contributed by atoms with Crippen LogP contribution in [-0.2, 0) is 6.42 Å². The summed E-state index contributed by atoms with van der Waals surface area (Å²) in [6, 6.07) is 6.40. The summed E-state index contributed by atoms with van der Waals surface area (Å²) >= 11 is 3.52. The van der Waals surface area contributed by atoms with E-state index >= 15 is 0 Å². The molecule has 0 atom stereocenters. The van der Waals surface area contributed by atoms with Gasteiger partial charge in [0.05, 0.1) is 0 Å². The van der Waals surface area contributed by atoms with E-state index in [4.69, 9.17) is 0 Å². The van der Waals surface area contributed by atoms with E-state index in [1.807, 2.05) is 7.05 Å². The van der Waals surface area contributed by atoms with Gasteiger partial charge in [-0.1, -0.05) is 15.9 Å². The molecule has 1 heterocycles. The Morgan fingerprint density at radius 1 is 1.38 bits per heavy atom. The third-order valence-corrected chi connectivity index (χ3v) is 3.47. The van der Waals surface area contributed by atoms with Crippen LogP contribution in [0.15, 0.2) is 22.7 Å². The van der Waals surface area contributed by atoms with Crippen molar-refractivity contribution in [1.82, 2.24) is 10.3 Å². The number of nitrogens with one attached hydrogen (secondary N) is 2. The third kappa shape index (κ3) is 2.30. The Kier molecular flexibility index (Phi) is 3.66. The zero-order chi connectivity index (χ0) is 11.5. The minimum atomic E-state index is 1.07. The maximum absolute atomic E-state index is 3.52. The van der Waals surface area contributed by atoms with Crippen molar-refractivity contribution >= 4 is 26.8 Å². The molecular weight excluding hydrogens is 264 g/mol. The molecule has 3 heteroatoms. The minimum absolute atomic E-state index is 1.07. The zero-order valence-corrected chi connectivity index (χ0v) is 11.3. The van der Waals surface area contributed by atoms with Crippen LogP contribution in [0.4, 0.5) is 0 Å². The highest BCUT2D eigenvalue weighted by molar-refractivity contribution is 9.10. The largest absolute Gasteiger partial charge is 0.358 e. The van der Waals surface area contributed by atoms with Gasteiger partial charge >= 0.3 is 0 Å². The van der Waals surface area contributed by atoms with Gasteiger partial charge in [0.1, 0.15) is 0 Å². The fraction of sp³-hybridized carbons (Fsp3) is 0.385. The highest BCUT2D eigenvalue weighted by atomic mass is 79.9. The van der Waals surface area contributed by atoms with Crippen LogP contribution in [0.1, 0.15) is 17.7 Å². The Balaban J connectivity index is 2.29. The molecule has 2 nitrogen and oxygen atoms in total. The van der Waals surface area contributed by atoms with Crippen molar-refractivity contribution in [3.8, 4) is 0 Å². The molecule has 86 valence electrons. The lowest BCUT2D eigenvalue weighted by Crippen LogP contribution is -2.08. The Hall–Kier alpha value is -0.800. The van der Waals surface area contributed by atoms with Crippen LogP contribution in [0.5, 0.6) is 0 Å². The molecule has 1 aromatic carbocycles. The summed E-state index contributed by atoms with van der Waals surface area (Å²) in [6.45, 7) is 3.26. The number of aryl methyl sites for hydroxylation is 2. The number of H-pyrrole nitrogens is 1. The first-order valence-corrected chi connectivity index (χ1v) is 6.43. The number of aromatic nitrogens is 1. The molecule has 16 heavy (non-hydrogen) atoms. The summed E-state index contributed by atoms with van der Waals surface area (Å²) in [7, 11) is 2.00. The van der Waals surface area contributed by atoms with Crippen molar-refractivity contribution in [1.29, 1.82) is 0 Å². The van der Waals surface area contributed by atoms with Gasteiger partial charge in [-0.25, -0.2) is 0 Å². The second-order valence-electron chi connectivity index (χ2n) is 4.13. The summed E-state index contributed by atoms with van der Waals surface area (Å²) in [5, 5.41) is 4.51. The highest BCUT2D eigenvalue weighted by Gasteiger charge is 2.07. The quantitative estimate of drug-likeness (QED) is 0.826. The Labute approximate surface area is 105 Å². The van der Waals surface area contributed by atoms with Crippen molar-refractivity contribution in [2.75, 3.05) is 13.6 Å². The number of rotatable bonds is 4. The van der Waals surface area contributed by atoms with Gasteiger partial charge in [0.2, 0.25) is 0 Å². The van der Waals surface area contributed by atoms with E-state index in [-0.39, 0.29) is 0 Å². The van der Waals surface area contributed by atoms with Crippen LogP contribution >= 0.6 is 15.9 Å². The molecule has 0 aliphatic rings. The molecule has 0 spiro atoms. The molecule has 0 amide bonds. The van der Waals surface area contributed by atoms with Gasteiger partial charge in [-0.2, -0.15) is 0 Å². The Bertz CT molecular complexity index is 488. The highest BCUT2D eigenvalue weighted by Crippen LogP contribution is 2.25. The van der Waals surface area contributed by atoms with E-state index in [0.717, 1.165) is 17.4 Å². The third-order valence-electron chi connectivity index (χ3n) is 2.98.